The first-order valence-corrected chi connectivity index (χ1v) is 9.78. The van der Waals surface area contributed by atoms with Crippen LogP contribution in [0.15, 0.2) is 60.7 Å². The normalized spacial score (nSPS) is 16.0. The zero-order valence-corrected chi connectivity index (χ0v) is 16.0. The van der Waals surface area contributed by atoms with Crippen molar-refractivity contribution in [2.24, 2.45) is 0 Å². The number of benzene rings is 2. The van der Waals surface area contributed by atoms with Crippen molar-refractivity contribution in [3.63, 3.8) is 0 Å². The van der Waals surface area contributed by atoms with Crippen LogP contribution in [-0.2, 0) is 27.5 Å². The van der Waals surface area contributed by atoms with E-state index in [0.717, 1.165) is 30.3 Å². The number of aldehydes is 1. The van der Waals surface area contributed by atoms with Crippen molar-refractivity contribution in [1.29, 1.82) is 0 Å². The fourth-order valence-corrected chi connectivity index (χ4v) is 3.60. The lowest BCUT2D eigenvalue weighted by atomic mass is 10.1. The number of nitrogens with zero attached hydrogens (tertiary/aromatic N) is 2. The van der Waals surface area contributed by atoms with Crippen LogP contribution >= 0.6 is 0 Å². The summed E-state index contributed by atoms with van der Waals surface area (Å²) in [4.78, 5) is 39.9. The van der Waals surface area contributed by atoms with Gasteiger partial charge in [0.1, 0.15) is 6.29 Å². The highest BCUT2D eigenvalue weighted by Crippen LogP contribution is 2.18. The predicted molar refractivity (Wildman–Crippen MR) is 107 cm³/mol. The molecule has 0 spiro atoms. The average molecular weight is 378 g/mol. The van der Waals surface area contributed by atoms with Crippen molar-refractivity contribution in [3.05, 3.63) is 71.8 Å². The van der Waals surface area contributed by atoms with Gasteiger partial charge < -0.3 is 14.6 Å². The van der Waals surface area contributed by atoms with Crippen LogP contribution < -0.4 is 0 Å². The van der Waals surface area contributed by atoms with Crippen LogP contribution in [0.25, 0.3) is 0 Å². The van der Waals surface area contributed by atoms with Crippen molar-refractivity contribution >= 4 is 18.1 Å². The monoisotopic (exact) mass is 378 g/mol. The lowest BCUT2D eigenvalue weighted by Crippen LogP contribution is -2.37. The molecule has 0 aliphatic carbocycles. The summed E-state index contributed by atoms with van der Waals surface area (Å²) in [5, 5.41) is 0. The number of hydrogen-bond donors (Lipinski definition) is 0. The molecule has 5 nitrogen and oxygen atoms in total. The molecule has 3 rings (SSSR count). The van der Waals surface area contributed by atoms with E-state index in [-0.39, 0.29) is 30.7 Å². The molecule has 2 amide bonds. The van der Waals surface area contributed by atoms with Crippen molar-refractivity contribution in [3.8, 4) is 0 Å². The first kappa shape index (κ1) is 19.8. The van der Waals surface area contributed by atoms with Crippen LogP contribution in [0.2, 0.25) is 0 Å². The zero-order chi connectivity index (χ0) is 19.8. The van der Waals surface area contributed by atoms with E-state index in [0.29, 0.717) is 19.6 Å². The van der Waals surface area contributed by atoms with Crippen LogP contribution in [-0.4, -0.2) is 40.5 Å². The van der Waals surface area contributed by atoms with Gasteiger partial charge in [0, 0.05) is 32.5 Å². The van der Waals surface area contributed by atoms with Gasteiger partial charge in [-0.05, 0) is 24.0 Å². The molecule has 2 aromatic rings. The molecular weight excluding hydrogens is 352 g/mol. The maximum atomic E-state index is 12.9. The van der Waals surface area contributed by atoms with Crippen LogP contribution in [0.4, 0.5) is 0 Å². The molecule has 0 bridgehead atoms. The highest BCUT2D eigenvalue weighted by atomic mass is 16.2. The van der Waals surface area contributed by atoms with E-state index in [2.05, 4.69) is 0 Å². The van der Waals surface area contributed by atoms with E-state index in [4.69, 9.17) is 0 Å². The summed E-state index contributed by atoms with van der Waals surface area (Å²) in [6.07, 6.45) is 2.70. The Morgan fingerprint density at radius 3 is 2.04 bits per heavy atom. The maximum absolute atomic E-state index is 12.9. The summed E-state index contributed by atoms with van der Waals surface area (Å²) >= 11 is 0. The Labute approximate surface area is 166 Å². The fraction of sp³-hybridized carbons (Fsp3) is 0.348. The Kier molecular flexibility index (Phi) is 6.95. The van der Waals surface area contributed by atoms with Gasteiger partial charge in [0.15, 0.2) is 0 Å². The summed E-state index contributed by atoms with van der Waals surface area (Å²) in [7, 11) is 0. The lowest BCUT2D eigenvalue weighted by molar-refractivity contribution is -0.139. The highest BCUT2D eigenvalue weighted by molar-refractivity contribution is 5.85. The van der Waals surface area contributed by atoms with E-state index in [1.165, 1.54) is 0 Å². The first-order valence-electron chi connectivity index (χ1n) is 9.78. The van der Waals surface area contributed by atoms with E-state index in [9.17, 15) is 14.4 Å². The van der Waals surface area contributed by atoms with Gasteiger partial charge in [-0.2, -0.15) is 0 Å². The van der Waals surface area contributed by atoms with Crippen LogP contribution in [0.3, 0.4) is 0 Å². The molecule has 5 heteroatoms. The molecule has 1 saturated heterocycles. The summed E-state index contributed by atoms with van der Waals surface area (Å²) < 4.78 is 0. The number of carbonyl (C=O) groups excluding carboxylic acids is 3. The zero-order valence-electron chi connectivity index (χ0n) is 16.0. The molecule has 1 heterocycles. The molecule has 146 valence electrons. The van der Waals surface area contributed by atoms with Gasteiger partial charge >= 0.3 is 0 Å². The largest absolute Gasteiger partial charge is 0.334 e. The van der Waals surface area contributed by atoms with Gasteiger partial charge in [-0.25, -0.2) is 0 Å². The lowest BCUT2D eigenvalue weighted by Gasteiger charge is -2.24. The van der Waals surface area contributed by atoms with E-state index < -0.39 is 0 Å². The quantitative estimate of drug-likeness (QED) is 0.663. The molecule has 0 aromatic heterocycles. The molecule has 0 unspecified atom stereocenters. The smallest absolute Gasteiger partial charge is 0.223 e. The molecule has 1 fully saturated rings. The molecule has 0 radical (unpaired) electrons. The fourth-order valence-electron chi connectivity index (χ4n) is 3.60. The molecule has 2 aromatic carbocycles. The van der Waals surface area contributed by atoms with E-state index in [1.54, 1.807) is 9.80 Å². The minimum absolute atomic E-state index is 0.0529. The minimum Gasteiger partial charge on any atom is -0.334 e. The third-order valence-electron chi connectivity index (χ3n) is 5.11. The third kappa shape index (κ3) is 5.28. The number of rotatable bonds is 8. The Bertz CT molecular complexity index is 751. The standard InChI is InChI=1S/C23H26N2O3/c26-18-21-12-7-15-25(21)23(28)14-13-22(27)24(16-19-8-3-1-4-9-19)17-20-10-5-2-6-11-20/h1-6,8-11,18,21H,7,12-17H2/t21-/m0/s1. The van der Waals surface area contributed by atoms with Gasteiger partial charge in [0.05, 0.1) is 6.04 Å². The summed E-state index contributed by atoms with van der Waals surface area (Å²) in [6.45, 7) is 1.61. The van der Waals surface area contributed by atoms with Crippen molar-refractivity contribution in [2.45, 2.75) is 44.8 Å². The van der Waals surface area contributed by atoms with Gasteiger partial charge in [0.25, 0.3) is 0 Å². The van der Waals surface area contributed by atoms with Gasteiger partial charge in [-0.1, -0.05) is 60.7 Å². The molecule has 1 aliphatic heterocycles. The summed E-state index contributed by atoms with van der Waals surface area (Å²) in [6, 6.07) is 19.4. The number of hydrogen-bond acceptors (Lipinski definition) is 3. The Balaban J connectivity index is 1.64. The molecule has 1 atom stereocenters. The topological polar surface area (TPSA) is 57.7 Å². The molecule has 28 heavy (non-hydrogen) atoms. The third-order valence-corrected chi connectivity index (χ3v) is 5.11. The molecular formula is C23H26N2O3. The van der Waals surface area contributed by atoms with Crippen molar-refractivity contribution in [2.75, 3.05) is 6.54 Å². The van der Waals surface area contributed by atoms with Gasteiger partial charge in [0.2, 0.25) is 11.8 Å². The minimum atomic E-state index is -0.327. The second-order valence-electron chi connectivity index (χ2n) is 7.15. The van der Waals surface area contributed by atoms with E-state index in [1.807, 2.05) is 60.7 Å². The van der Waals surface area contributed by atoms with Crippen LogP contribution in [0, 0.1) is 0 Å². The summed E-state index contributed by atoms with van der Waals surface area (Å²) in [5.74, 6) is -0.162. The Hall–Kier alpha value is -2.95. The number of likely N-dealkylation sites (tertiary alicyclic amines) is 1. The Morgan fingerprint density at radius 1 is 0.929 bits per heavy atom. The highest BCUT2D eigenvalue weighted by Gasteiger charge is 2.28. The molecule has 0 saturated carbocycles. The average Bonchev–Trinajstić information content (AvgIpc) is 3.22. The van der Waals surface area contributed by atoms with E-state index >= 15 is 0 Å². The van der Waals surface area contributed by atoms with Gasteiger partial charge in [-0.15, -0.1) is 0 Å². The number of amides is 2. The number of carbonyl (C=O) groups is 3. The van der Waals surface area contributed by atoms with Crippen molar-refractivity contribution < 1.29 is 14.4 Å². The summed E-state index contributed by atoms with van der Waals surface area (Å²) in [5.41, 5.74) is 2.11. The first-order chi connectivity index (χ1) is 13.7. The molecule has 0 N–H and O–H groups in total. The van der Waals surface area contributed by atoms with Crippen molar-refractivity contribution in [1.82, 2.24) is 9.80 Å². The van der Waals surface area contributed by atoms with Crippen LogP contribution in [0.5, 0.6) is 0 Å². The Morgan fingerprint density at radius 2 is 1.50 bits per heavy atom. The second-order valence-corrected chi connectivity index (χ2v) is 7.15. The maximum Gasteiger partial charge on any atom is 0.223 e. The van der Waals surface area contributed by atoms with Gasteiger partial charge in [-0.3, -0.25) is 9.59 Å². The predicted octanol–water partition coefficient (Wildman–Crippen LogP) is 3.19. The second kappa shape index (κ2) is 9.83. The van der Waals surface area contributed by atoms with Crippen LogP contribution in [0.1, 0.15) is 36.8 Å². The molecule has 1 aliphatic rings. The SMILES string of the molecule is O=C[C@@H]1CCCN1C(=O)CCC(=O)N(Cc1ccccc1)Cc1ccccc1.